The molecule has 0 saturated heterocycles. The number of hydrogen-bond acceptors (Lipinski definition) is 3. The Balaban J connectivity index is 2.31. The molecule has 2 unspecified atom stereocenters. The van der Waals surface area contributed by atoms with Gasteiger partial charge >= 0.3 is 6.18 Å². The van der Waals surface area contributed by atoms with Crippen LogP contribution in [0.4, 0.5) is 13.2 Å². The zero-order chi connectivity index (χ0) is 13.6. The minimum atomic E-state index is -4.39. The molecular weight excluding hydrogens is 247 g/mol. The smallest absolute Gasteiger partial charge is 0.389 e. The van der Waals surface area contributed by atoms with Crippen LogP contribution in [0, 0.1) is 0 Å². The Labute approximate surface area is 103 Å². The van der Waals surface area contributed by atoms with Gasteiger partial charge in [-0.3, -0.25) is 0 Å². The lowest BCUT2D eigenvalue weighted by atomic mass is 10.0. The molecule has 0 bridgehead atoms. The van der Waals surface area contributed by atoms with Crippen LogP contribution >= 0.6 is 0 Å². The quantitative estimate of drug-likeness (QED) is 0.817. The number of nitrogens with two attached hydrogens (primary N) is 1. The number of hydrogen-bond donors (Lipinski definition) is 2. The molecule has 0 aromatic heterocycles. The van der Waals surface area contributed by atoms with Crippen molar-refractivity contribution in [3.8, 4) is 0 Å². The molecule has 6 heteroatoms. The summed E-state index contributed by atoms with van der Waals surface area (Å²) in [5.74, 6) is 0. The van der Waals surface area contributed by atoms with Crippen molar-refractivity contribution in [2.75, 3.05) is 13.2 Å². The van der Waals surface area contributed by atoms with Crippen molar-refractivity contribution < 1.29 is 23.0 Å². The zero-order valence-corrected chi connectivity index (χ0v) is 9.73. The first-order valence-corrected chi connectivity index (χ1v) is 5.50. The van der Waals surface area contributed by atoms with Crippen LogP contribution in [0.5, 0.6) is 0 Å². The average Bonchev–Trinajstić information content (AvgIpc) is 2.28. The minimum Gasteiger partial charge on any atom is -0.389 e. The topological polar surface area (TPSA) is 55.5 Å². The summed E-state index contributed by atoms with van der Waals surface area (Å²) < 4.78 is 39.8. The van der Waals surface area contributed by atoms with E-state index in [0.29, 0.717) is 6.42 Å². The lowest BCUT2D eigenvalue weighted by Crippen LogP contribution is -2.40. The first kappa shape index (κ1) is 14.9. The predicted molar refractivity (Wildman–Crippen MR) is 61.0 cm³/mol. The van der Waals surface area contributed by atoms with Gasteiger partial charge < -0.3 is 15.6 Å². The maximum absolute atomic E-state index is 11.8. The summed E-state index contributed by atoms with van der Waals surface area (Å²) in [4.78, 5) is 0. The Bertz CT molecular complexity index is 343. The third-order valence-electron chi connectivity index (χ3n) is 2.36. The second kappa shape index (κ2) is 6.72. The molecule has 0 heterocycles. The van der Waals surface area contributed by atoms with Gasteiger partial charge in [-0.2, -0.15) is 13.2 Å². The molecule has 1 aromatic rings. The molecule has 18 heavy (non-hydrogen) atoms. The van der Waals surface area contributed by atoms with Gasteiger partial charge in [0.25, 0.3) is 0 Å². The first-order valence-electron chi connectivity index (χ1n) is 5.50. The van der Waals surface area contributed by atoms with E-state index in [4.69, 9.17) is 5.73 Å². The van der Waals surface area contributed by atoms with E-state index in [2.05, 4.69) is 4.74 Å². The van der Waals surface area contributed by atoms with Gasteiger partial charge in [-0.25, -0.2) is 0 Å². The van der Waals surface area contributed by atoms with Crippen LogP contribution in [0.15, 0.2) is 30.3 Å². The Morgan fingerprint density at radius 2 is 1.83 bits per heavy atom. The number of ether oxygens (including phenoxy) is 1. The molecule has 0 aliphatic rings. The minimum absolute atomic E-state index is 0.386. The maximum atomic E-state index is 11.8. The van der Waals surface area contributed by atoms with Gasteiger partial charge in [0, 0.05) is 6.04 Å². The van der Waals surface area contributed by atoms with Crippen LogP contribution in [0.3, 0.4) is 0 Å². The Morgan fingerprint density at radius 1 is 1.22 bits per heavy atom. The summed E-state index contributed by atoms with van der Waals surface area (Å²) in [5.41, 5.74) is 6.60. The van der Waals surface area contributed by atoms with Gasteiger partial charge in [0.1, 0.15) is 6.61 Å². The standard InChI is InChI=1S/C12H16F3NO2/c13-12(14,15)8-18-7-11(17)10(16)6-9-4-2-1-3-5-9/h1-5,10-11,17H,6-8,16H2. The SMILES string of the molecule is NC(Cc1ccccc1)C(O)COCC(F)(F)F. The fourth-order valence-electron chi connectivity index (χ4n) is 1.44. The summed E-state index contributed by atoms with van der Waals surface area (Å²) in [6, 6.07) is 8.52. The summed E-state index contributed by atoms with van der Waals surface area (Å²) in [6.45, 7) is -1.80. The molecule has 0 spiro atoms. The molecular formula is C12H16F3NO2. The molecule has 0 aliphatic heterocycles. The second-order valence-corrected chi connectivity index (χ2v) is 4.05. The van der Waals surface area contributed by atoms with Crippen molar-refractivity contribution >= 4 is 0 Å². The number of aliphatic hydroxyl groups excluding tert-OH is 1. The van der Waals surface area contributed by atoms with Crippen molar-refractivity contribution in [2.24, 2.45) is 5.73 Å². The van der Waals surface area contributed by atoms with E-state index in [9.17, 15) is 18.3 Å². The van der Waals surface area contributed by atoms with Gasteiger partial charge in [0.15, 0.2) is 0 Å². The molecule has 0 fully saturated rings. The van der Waals surface area contributed by atoms with Crippen molar-refractivity contribution in [2.45, 2.75) is 24.7 Å². The van der Waals surface area contributed by atoms with E-state index in [1.54, 1.807) is 0 Å². The van der Waals surface area contributed by atoms with Crippen LogP contribution in [0.2, 0.25) is 0 Å². The normalized spacial score (nSPS) is 15.4. The van der Waals surface area contributed by atoms with Crippen LogP contribution in [0.1, 0.15) is 5.56 Å². The van der Waals surface area contributed by atoms with Gasteiger partial charge in [-0.1, -0.05) is 30.3 Å². The fourth-order valence-corrected chi connectivity index (χ4v) is 1.44. The summed E-state index contributed by atoms with van der Waals surface area (Å²) >= 11 is 0. The average molecular weight is 263 g/mol. The highest BCUT2D eigenvalue weighted by Gasteiger charge is 2.28. The third kappa shape index (κ3) is 6.00. The van der Waals surface area contributed by atoms with E-state index < -0.39 is 31.5 Å². The number of benzene rings is 1. The molecule has 2 atom stereocenters. The largest absolute Gasteiger partial charge is 0.411 e. The van der Waals surface area contributed by atoms with Crippen molar-refractivity contribution in [3.63, 3.8) is 0 Å². The molecule has 102 valence electrons. The van der Waals surface area contributed by atoms with Crippen molar-refractivity contribution in [1.82, 2.24) is 0 Å². The molecule has 1 aromatic carbocycles. The molecule has 1 rings (SSSR count). The Kier molecular flexibility index (Phi) is 5.58. The van der Waals surface area contributed by atoms with E-state index in [1.807, 2.05) is 30.3 Å². The summed E-state index contributed by atoms with van der Waals surface area (Å²) in [7, 11) is 0. The summed E-state index contributed by atoms with van der Waals surface area (Å²) in [6.07, 6.45) is -5.12. The first-order chi connectivity index (χ1) is 8.38. The van der Waals surface area contributed by atoms with Crippen LogP contribution in [0.25, 0.3) is 0 Å². The molecule has 3 nitrogen and oxygen atoms in total. The Morgan fingerprint density at radius 3 is 2.39 bits per heavy atom. The molecule has 3 N–H and O–H groups in total. The zero-order valence-electron chi connectivity index (χ0n) is 9.73. The number of rotatable bonds is 6. The highest BCUT2D eigenvalue weighted by molar-refractivity contribution is 5.16. The molecule has 0 amide bonds. The number of alkyl halides is 3. The predicted octanol–water partition coefficient (Wildman–Crippen LogP) is 1.50. The molecule has 0 saturated carbocycles. The van der Waals surface area contributed by atoms with E-state index in [0.717, 1.165) is 5.56 Å². The second-order valence-electron chi connectivity index (χ2n) is 4.05. The lowest BCUT2D eigenvalue weighted by Gasteiger charge is -2.19. The van der Waals surface area contributed by atoms with E-state index in [-0.39, 0.29) is 0 Å². The molecule has 0 aliphatic carbocycles. The monoisotopic (exact) mass is 263 g/mol. The molecule has 0 radical (unpaired) electrons. The summed E-state index contributed by atoms with van der Waals surface area (Å²) in [5, 5.41) is 9.56. The maximum Gasteiger partial charge on any atom is 0.411 e. The van der Waals surface area contributed by atoms with Gasteiger partial charge in [0.05, 0.1) is 12.7 Å². The fraction of sp³-hybridized carbons (Fsp3) is 0.500. The van der Waals surface area contributed by atoms with Crippen LogP contribution in [-0.2, 0) is 11.2 Å². The van der Waals surface area contributed by atoms with Crippen molar-refractivity contribution in [1.29, 1.82) is 0 Å². The highest BCUT2D eigenvalue weighted by Crippen LogP contribution is 2.14. The lowest BCUT2D eigenvalue weighted by molar-refractivity contribution is -0.179. The number of halogens is 3. The van der Waals surface area contributed by atoms with Crippen LogP contribution in [-0.4, -0.2) is 36.6 Å². The van der Waals surface area contributed by atoms with Gasteiger partial charge in [-0.05, 0) is 12.0 Å². The van der Waals surface area contributed by atoms with E-state index in [1.165, 1.54) is 0 Å². The van der Waals surface area contributed by atoms with Gasteiger partial charge in [-0.15, -0.1) is 0 Å². The highest BCUT2D eigenvalue weighted by atomic mass is 19.4. The van der Waals surface area contributed by atoms with Crippen LogP contribution < -0.4 is 5.73 Å². The van der Waals surface area contributed by atoms with Crippen molar-refractivity contribution in [3.05, 3.63) is 35.9 Å². The van der Waals surface area contributed by atoms with E-state index >= 15 is 0 Å². The third-order valence-corrected chi connectivity index (χ3v) is 2.36. The Hall–Kier alpha value is -1.11. The van der Waals surface area contributed by atoms with Gasteiger partial charge in [0.2, 0.25) is 0 Å². The number of aliphatic hydroxyl groups is 1.